The predicted molar refractivity (Wildman–Crippen MR) is 83.0 cm³/mol. The highest BCUT2D eigenvalue weighted by Crippen LogP contribution is 2.37. The number of hydrogen-bond donors (Lipinski definition) is 1. The third kappa shape index (κ3) is 2.93. The van der Waals surface area contributed by atoms with Gasteiger partial charge in [-0.1, -0.05) is 44.2 Å². The number of benzene rings is 2. The first-order valence-corrected chi connectivity index (χ1v) is 7.42. The minimum absolute atomic E-state index is 0.170. The molecule has 2 aromatic carbocycles. The fourth-order valence-electron chi connectivity index (χ4n) is 2.61. The van der Waals surface area contributed by atoms with E-state index >= 15 is 0 Å². The second-order valence-corrected chi connectivity index (χ2v) is 5.73. The highest BCUT2D eigenvalue weighted by molar-refractivity contribution is 5.73. The number of halogens is 1. The van der Waals surface area contributed by atoms with Crippen molar-refractivity contribution in [2.24, 2.45) is 0 Å². The number of ether oxygens (including phenoxy) is 1. The summed E-state index contributed by atoms with van der Waals surface area (Å²) >= 11 is 0. The molecule has 0 unspecified atom stereocenters. The summed E-state index contributed by atoms with van der Waals surface area (Å²) in [5.74, 6) is 0.737. The Labute approximate surface area is 125 Å². The van der Waals surface area contributed by atoms with Crippen LogP contribution in [0.4, 0.5) is 4.39 Å². The zero-order valence-corrected chi connectivity index (χ0v) is 12.4. The topological polar surface area (TPSA) is 21.3 Å². The van der Waals surface area contributed by atoms with Crippen LogP contribution < -0.4 is 10.1 Å². The van der Waals surface area contributed by atoms with Crippen LogP contribution in [0.5, 0.6) is 5.75 Å². The first-order chi connectivity index (χ1) is 10.1. The molecule has 1 N–H and O–H groups in total. The lowest BCUT2D eigenvalue weighted by Crippen LogP contribution is -2.22. The second-order valence-electron chi connectivity index (χ2n) is 5.73. The van der Waals surface area contributed by atoms with Gasteiger partial charge in [-0.25, -0.2) is 4.39 Å². The molecular weight excluding hydrogens is 265 g/mol. The van der Waals surface area contributed by atoms with E-state index in [4.69, 9.17) is 4.74 Å². The van der Waals surface area contributed by atoms with E-state index in [1.807, 2.05) is 24.3 Å². The van der Waals surface area contributed by atoms with Crippen molar-refractivity contribution < 1.29 is 9.13 Å². The minimum atomic E-state index is -0.170. The van der Waals surface area contributed by atoms with Gasteiger partial charge in [-0.15, -0.1) is 0 Å². The molecule has 0 saturated carbocycles. The molecule has 2 nitrogen and oxygen atoms in total. The van der Waals surface area contributed by atoms with Crippen molar-refractivity contribution in [3.63, 3.8) is 0 Å². The van der Waals surface area contributed by atoms with Crippen molar-refractivity contribution in [2.75, 3.05) is 6.61 Å². The van der Waals surface area contributed by atoms with Crippen LogP contribution in [0.1, 0.15) is 25.0 Å². The zero-order chi connectivity index (χ0) is 14.8. The lowest BCUT2D eigenvalue weighted by molar-refractivity contribution is 0.358. The Bertz CT molecular complexity index is 652. The van der Waals surface area contributed by atoms with E-state index in [1.54, 1.807) is 6.07 Å². The van der Waals surface area contributed by atoms with Gasteiger partial charge < -0.3 is 10.1 Å². The summed E-state index contributed by atoms with van der Waals surface area (Å²) in [5, 5.41) is 3.24. The third-order valence-corrected chi connectivity index (χ3v) is 3.78. The predicted octanol–water partition coefficient (Wildman–Crippen LogP) is 3.93. The molecule has 3 heteroatoms. The summed E-state index contributed by atoms with van der Waals surface area (Å²) in [6.45, 7) is 5.37. The largest absolute Gasteiger partial charge is 0.492 e. The van der Waals surface area contributed by atoms with Gasteiger partial charge in [-0.2, -0.15) is 0 Å². The van der Waals surface area contributed by atoms with E-state index in [-0.39, 0.29) is 5.82 Å². The second kappa shape index (κ2) is 5.86. The Morgan fingerprint density at radius 3 is 2.86 bits per heavy atom. The van der Waals surface area contributed by atoms with Gasteiger partial charge in [0.05, 0.1) is 6.61 Å². The molecular formula is C18H20FNO. The fourth-order valence-corrected chi connectivity index (χ4v) is 2.61. The average molecular weight is 285 g/mol. The fraction of sp³-hybridized carbons (Fsp3) is 0.333. The van der Waals surface area contributed by atoms with E-state index in [1.165, 1.54) is 5.56 Å². The number of nitrogens with one attached hydrogen (secondary N) is 1. The van der Waals surface area contributed by atoms with Gasteiger partial charge in [0.15, 0.2) is 0 Å². The van der Waals surface area contributed by atoms with Crippen LogP contribution in [0.2, 0.25) is 0 Å². The van der Waals surface area contributed by atoms with Gasteiger partial charge >= 0.3 is 0 Å². The van der Waals surface area contributed by atoms with Crippen LogP contribution in [0.3, 0.4) is 0 Å². The molecule has 0 amide bonds. The minimum Gasteiger partial charge on any atom is -0.492 e. The molecule has 3 rings (SSSR count). The maximum Gasteiger partial charge on any atom is 0.130 e. The first kappa shape index (κ1) is 14.1. The molecule has 0 atom stereocenters. The van der Waals surface area contributed by atoms with Crippen LogP contribution in [0.25, 0.3) is 11.1 Å². The van der Waals surface area contributed by atoms with E-state index in [0.717, 1.165) is 23.3 Å². The molecule has 2 aromatic rings. The molecule has 110 valence electrons. The summed E-state index contributed by atoms with van der Waals surface area (Å²) in [5.41, 5.74) is 3.76. The molecule has 21 heavy (non-hydrogen) atoms. The molecule has 1 aliphatic rings. The number of fused-ring (bicyclic) bond motifs is 1. The number of hydrogen-bond acceptors (Lipinski definition) is 2. The molecule has 1 heterocycles. The summed E-state index contributed by atoms with van der Waals surface area (Å²) < 4.78 is 20.0. The van der Waals surface area contributed by atoms with Crippen LogP contribution in [-0.2, 0) is 13.0 Å². The van der Waals surface area contributed by atoms with Gasteiger partial charge in [0.2, 0.25) is 0 Å². The summed E-state index contributed by atoms with van der Waals surface area (Å²) in [6.07, 6.45) is 0.933. The Morgan fingerprint density at radius 1 is 1.24 bits per heavy atom. The molecule has 0 spiro atoms. The lowest BCUT2D eigenvalue weighted by atomic mass is 9.99. The van der Waals surface area contributed by atoms with E-state index in [0.29, 0.717) is 24.8 Å². The maximum atomic E-state index is 14.3. The monoisotopic (exact) mass is 285 g/mol. The Hall–Kier alpha value is -1.87. The summed E-state index contributed by atoms with van der Waals surface area (Å²) in [7, 11) is 0. The van der Waals surface area contributed by atoms with Crippen molar-refractivity contribution in [3.8, 4) is 16.9 Å². The van der Waals surface area contributed by atoms with Crippen molar-refractivity contribution in [1.82, 2.24) is 5.32 Å². The smallest absolute Gasteiger partial charge is 0.130 e. The lowest BCUT2D eigenvalue weighted by Gasteiger charge is -2.12. The number of rotatable bonds is 4. The van der Waals surface area contributed by atoms with Crippen LogP contribution >= 0.6 is 0 Å². The summed E-state index contributed by atoms with van der Waals surface area (Å²) in [6, 6.07) is 11.8. The molecule has 0 aromatic heterocycles. The first-order valence-electron chi connectivity index (χ1n) is 7.42. The molecule has 0 bridgehead atoms. The quantitative estimate of drug-likeness (QED) is 0.919. The molecule has 0 radical (unpaired) electrons. The van der Waals surface area contributed by atoms with Crippen LogP contribution in [0.15, 0.2) is 36.4 Å². The van der Waals surface area contributed by atoms with Crippen LogP contribution in [0, 0.1) is 5.82 Å². The Morgan fingerprint density at radius 2 is 2.10 bits per heavy atom. The highest BCUT2D eigenvalue weighted by Gasteiger charge is 2.17. The average Bonchev–Trinajstić information content (AvgIpc) is 2.94. The van der Waals surface area contributed by atoms with E-state index in [2.05, 4.69) is 25.2 Å². The third-order valence-electron chi connectivity index (χ3n) is 3.78. The maximum absolute atomic E-state index is 14.3. The SMILES string of the molecule is CC(C)NCc1ccc(-c2cccc3c2OCC3)cc1F. The van der Waals surface area contributed by atoms with Gasteiger partial charge in [-0.05, 0) is 17.2 Å². The Balaban J connectivity index is 1.91. The normalized spacial score (nSPS) is 13.3. The molecule has 0 fully saturated rings. The van der Waals surface area contributed by atoms with Crippen molar-refractivity contribution in [1.29, 1.82) is 0 Å². The summed E-state index contributed by atoms with van der Waals surface area (Å²) in [4.78, 5) is 0. The van der Waals surface area contributed by atoms with Crippen molar-refractivity contribution in [3.05, 3.63) is 53.3 Å². The molecule has 0 saturated heterocycles. The standard InChI is InChI=1S/C18H20FNO/c1-12(2)20-11-15-7-6-14(10-17(15)19)16-5-3-4-13-8-9-21-18(13)16/h3-7,10,12,20H,8-9,11H2,1-2H3. The highest BCUT2D eigenvalue weighted by atomic mass is 19.1. The molecule has 1 aliphatic heterocycles. The van der Waals surface area contributed by atoms with Gasteiger partial charge in [0, 0.05) is 30.1 Å². The van der Waals surface area contributed by atoms with E-state index < -0.39 is 0 Å². The van der Waals surface area contributed by atoms with E-state index in [9.17, 15) is 4.39 Å². The molecule has 0 aliphatic carbocycles. The van der Waals surface area contributed by atoms with Crippen molar-refractivity contribution in [2.45, 2.75) is 32.9 Å². The van der Waals surface area contributed by atoms with Gasteiger partial charge in [0.1, 0.15) is 11.6 Å². The van der Waals surface area contributed by atoms with Gasteiger partial charge in [0.25, 0.3) is 0 Å². The van der Waals surface area contributed by atoms with Crippen molar-refractivity contribution >= 4 is 0 Å². The number of para-hydroxylation sites is 1. The van der Waals surface area contributed by atoms with Crippen LogP contribution in [-0.4, -0.2) is 12.6 Å². The Kier molecular flexibility index (Phi) is 3.93. The zero-order valence-electron chi connectivity index (χ0n) is 12.4. The van der Waals surface area contributed by atoms with Gasteiger partial charge in [-0.3, -0.25) is 0 Å².